The molecule has 0 aliphatic carbocycles. The van der Waals surface area contributed by atoms with Gasteiger partial charge in [0.1, 0.15) is 0 Å². The molecule has 4 nitrogen and oxygen atoms in total. The highest BCUT2D eigenvalue weighted by atomic mass is 35.5. The van der Waals surface area contributed by atoms with Crippen molar-refractivity contribution in [3.63, 3.8) is 0 Å². The van der Waals surface area contributed by atoms with Crippen molar-refractivity contribution in [1.29, 1.82) is 0 Å². The van der Waals surface area contributed by atoms with Crippen molar-refractivity contribution in [3.8, 4) is 0 Å². The Hall–Kier alpha value is -2.04. The van der Waals surface area contributed by atoms with Crippen LogP contribution in [0.5, 0.6) is 0 Å². The van der Waals surface area contributed by atoms with Crippen LogP contribution in [-0.2, 0) is 9.53 Å². The molecule has 5 heteroatoms. The Kier molecular flexibility index (Phi) is 5.61. The lowest BCUT2D eigenvalue weighted by atomic mass is 9.99. The molecule has 132 valence electrons. The predicted molar refractivity (Wildman–Crippen MR) is 103 cm³/mol. The van der Waals surface area contributed by atoms with Crippen molar-refractivity contribution < 1.29 is 9.53 Å². The average Bonchev–Trinajstić information content (AvgIpc) is 2.60. The van der Waals surface area contributed by atoms with Gasteiger partial charge in [-0.3, -0.25) is 4.79 Å². The third-order valence-corrected chi connectivity index (χ3v) is 4.74. The van der Waals surface area contributed by atoms with Crippen LogP contribution in [0.1, 0.15) is 24.0 Å². The molecule has 0 atom stereocenters. The Bertz CT molecular complexity index is 730. The molecule has 1 saturated heterocycles. The molecule has 0 radical (unpaired) electrons. The van der Waals surface area contributed by atoms with E-state index in [1.165, 1.54) is 0 Å². The fourth-order valence-electron chi connectivity index (χ4n) is 3.06. The smallest absolute Gasteiger partial charge is 0.227 e. The molecule has 1 heterocycles. The second-order valence-corrected chi connectivity index (χ2v) is 6.92. The van der Waals surface area contributed by atoms with E-state index in [1.807, 2.05) is 44.2 Å². The Morgan fingerprint density at radius 2 is 1.72 bits per heavy atom. The fraction of sp³-hybridized carbons (Fsp3) is 0.350. The van der Waals surface area contributed by atoms with Crippen molar-refractivity contribution >= 4 is 34.6 Å². The van der Waals surface area contributed by atoms with E-state index >= 15 is 0 Å². The number of nitrogens with one attached hydrogen (secondary N) is 2. The maximum atomic E-state index is 12.3. The number of ether oxygens (including phenoxy) is 1. The van der Waals surface area contributed by atoms with E-state index in [9.17, 15) is 4.79 Å². The highest BCUT2D eigenvalue weighted by Crippen LogP contribution is 2.30. The molecule has 1 aliphatic heterocycles. The molecule has 1 amide bonds. The number of anilines is 3. The van der Waals surface area contributed by atoms with Crippen LogP contribution in [0.15, 0.2) is 36.4 Å². The molecule has 0 bridgehead atoms. The number of rotatable bonds is 4. The quantitative estimate of drug-likeness (QED) is 0.802. The van der Waals surface area contributed by atoms with Crippen LogP contribution in [0.2, 0.25) is 5.02 Å². The number of benzene rings is 2. The van der Waals surface area contributed by atoms with E-state index in [1.54, 1.807) is 0 Å². The van der Waals surface area contributed by atoms with Crippen LogP contribution in [0.3, 0.4) is 0 Å². The van der Waals surface area contributed by atoms with Gasteiger partial charge in [0.2, 0.25) is 5.91 Å². The zero-order valence-electron chi connectivity index (χ0n) is 14.6. The van der Waals surface area contributed by atoms with Gasteiger partial charge in [-0.05, 0) is 68.1 Å². The summed E-state index contributed by atoms with van der Waals surface area (Å²) >= 11 is 6.34. The molecule has 2 aromatic carbocycles. The van der Waals surface area contributed by atoms with Crippen molar-refractivity contribution in [2.45, 2.75) is 26.7 Å². The number of amides is 1. The lowest BCUT2D eigenvalue weighted by Gasteiger charge is -2.21. The normalized spacial score (nSPS) is 15.0. The molecular weight excluding hydrogens is 336 g/mol. The molecule has 0 saturated carbocycles. The van der Waals surface area contributed by atoms with Crippen LogP contribution in [-0.4, -0.2) is 19.1 Å². The lowest BCUT2D eigenvalue weighted by molar-refractivity contribution is -0.122. The summed E-state index contributed by atoms with van der Waals surface area (Å²) in [6.45, 7) is 5.39. The van der Waals surface area contributed by atoms with E-state index in [4.69, 9.17) is 16.3 Å². The Labute approximate surface area is 153 Å². The third kappa shape index (κ3) is 4.53. The van der Waals surface area contributed by atoms with E-state index in [0.29, 0.717) is 18.2 Å². The van der Waals surface area contributed by atoms with Gasteiger partial charge < -0.3 is 15.4 Å². The SMILES string of the molecule is Cc1cc(C)c(Nc2ccc(NC(=O)C3CCOCC3)cc2)c(Cl)c1. The first-order chi connectivity index (χ1) is 12.0. The minimum atomic E-state index is 0.0422. The van der Waals surface area contributed by atoms with Gasteiger partial charge in [0.15, 0.2) is 0 Å². The van der Waals surface area contributed by atoms with Crippen molar-refractivity contribution in [2.24, 2.45) is 5.92 Å². The first-order valence-electron chi connectivity index (χ1n) is 8.55. The summed E-state index contributed by atoms with van der Waals surface area (Å²) in [5.74, 6) is 0.113. The minimum absolute atomic E-state index is 0.0422. The maximum Gasteiger partial charge on any atom is 0.227 e. The predicted octanol–water partition coefficient (Wildman–Crippen LogP) is 5.07. The minimum Gasteiger partial charge on any atom is -0.381 e. The summed E-state index contributed by atoms with van der Waals surface area (Å²) in [6.07, 6.45) is 1.58. The van der Waals surface area contributed by atoms with Gasteiger partial charge in [-0.25, -0.2) is 0 Å². The summed E-state index contributed by atoms with van der Waals surface area (Å²) in [4.78, 5) is 12.3. The van der Waals surface area contributed by atoms with Crippen molar-refractivity contribution in [3.05, 3.63) is 52.5 Å². The van der Waals surface area contributed by atoms with Crippen LogP contribution < -0.4 is 10.6 Å². The third-order valence-electron chi connectivity index (χ3n) is 4.45. The molecule has 0 spiro atoms. The Morgan fingerprint density at radius 1 is 1.08 bits per heavy atom. The average molecular weight is 359 g/mol. The van der Waals surface area contributed by atoms with Gasteiger partial charge in [-0.2, -0.15) is 0 Å². The summed E-state index contributed by atoms with van der Waals surface area (Å²) in [5, 5.41) is 7.04. The molecule has 1 fully saturated rings. The first-order valence-corrected chi connectivity index (χ1v) is 8.93. The fourth-order valence-corrected chi connectivity index (χ4v) is 3.43. The van der Waals surface area contributed by atoms with Gasteiger partial charge in [0, 0.05) is 30.5 Å². The largest absolute Gasteiger partial charge is 0.381 e. The second-order valence-electron chi connectivity index (χ2n) is 6.52. The standard InChI is InChI=1S/C20H23ClN2O2/c1-13-11-14(2)19(18(21)12-13)22-16-3-5-17(6-4-16)23-20(24)15-7-9-25-10-8-15/h3-6,11-12,15,22H,7-10H2,1-2H3,(H,23,24). The highest BCUT2D eigenvalue weighted by Gasteiger charge is 2.21. The molecular formula is C20H23ClN2O2. The van der Waals surface area contributed by atoms with Gasteiger partial charge >= 0.3 is 0 Å². The number of carbonyl (C=O) groups excluding carboxylic acids is 1. The molecule has 0 aromatic heterocycles. The summed E-state index contributed by atoms with van der Waals surface area (Å²) in [5.41, 5.74) is 4.87. The summed E-state index contributed by atoms with van der Waals surface area (Å²) in [6, 6.07) is 11.7. The van der Waals surface area contributed by atoms with E-state index < -0.39 is 0 Å². The summed E-state index contributed by atoms with van der Waals surface area (Å²) in [7, 11) is 0. The number of carbonyl (C=O) groups is 1. The topological polar surface area (TPSA) is 50.4 Å². The number of aryl methyl sites for hydroxylation is 2. The second kappa shape index (κ2) is 7.89. The molecule has 0 unspecified atom stereocenters. The van der Waals surface area contributed by atoms with Crippen LogP contribution >= 0.6 is 11.6 Å². The number of halogens is 1. The van der Waals surface area contributed by atoms with Gasteiger partial charge in [0.25, 0.3) is 0 Å². The Morgan fingerprint density at radius 3 is 2.36 bits per heavy atom. The molecule has 25 heavy (non-hydrogen) atoms. The van der Waals surface area contributed by atoms with Crippen molar-refractivity contribution in [1.82, 2.24) is 0 Å². The van der Waals surface area contributed by atoms with E-state index in [-0.39, 0.29) is 11.8 Å². The zero-order chi connectivity index (χ0) is 17.8. The lowest BCUT2D eigenvalue weighted by Crippen LogP contribution is -2.28. The van der Waals surface area contributed by atoms with Crippen LogP contribution in [0.25, 0.3) is 0 Å². The van der Waals surface area contributed by atoms with Crippen LogP contribution in [0, 0.1) is 19.8 Å². The van der Waals surface area contributed by atoms with Crippen LogP contribution in [0.4, 0.5) is 17.1 Å². The van der Waals surface area contributed by atoms with Gasteiger partial charge in [-0.15, -0.1) is 0 Å². The molecule has 1 aliphatic rings. The van der Waals surface area contributed by atoms with E-state index in [2.05, 4.69) is 16.7 Å². The molecule has 2 N–H and O–H groups in total. The maximum absolute atomic E-state index is 12.3. The monoisotopic (exact) mass is 358 g/mol. The van der Waals surface area contributed by atoms with Gasteiger partial charge in [0.05, 0.1) is 10.7 Å². The van der Waals surface area contributed by atoms with Gasteiger partial charge in [-0.1, -0.05) is 17.7 Å². The highest BCUT2D eigenvalue weighted by molar-refractivity contribution is 6.33. The first kappa shape index (κ1) is 17.8. The number of hydrogen-bond donors (Lipinski definition) is 2. The zero-order valence-corrected chi connectivity index (χ0v) is 15.3. The molecule has 3 rings (SSSR count). The van der Waals surface area contributed by atoms with Crippen molar-refractivity contribution in [2.75, 3.05) is 23.8 Å². The number of hydrogen-bond acceptors (Lipinski definition) is 3. The van der Waals surface area contributed by atoms with E-state index in [0.717, 1.165) is 41.0 Å². The summed E-state index contributed by atoms with van der Waals surface area (Å²) < 4.78 is 5.30. The molecule has 2 aromatic rings. The Balaban J connectivity index is 1.65.